The van der Waals surface area contributed by atoms with Crippen LogP contribution in [0.15, 0.2) is 12.1 Å². The highest BCUT2D eigenvalue weighted by Gasteiger charge is 2.27. The summed E-state index contributed by atoms with van der Waals surface area (Å²) in [5.74, 6) is 2.33. The first-order chi connectivity index (χ1) is 9.21. The highest BCUT2D eigenvalue weighted by molar-refractivity contribution is 5.52. The maximum absolute atomic E-state index is 6.34. The Bertz CT molecular complexity index is 430. The van der Waals surface area contributed by atoms with Crippen LogP contribution < -0.4 is 19.9 Å². The van der Waals surface area contributed by atoms with Crippen LogP contribution in [0.2, 0.25) is 0 Å². The largest absolute Gasteiger partial charge is 0.496 e. The van der Waals surface area contributed by atoms with E-state index < -0.39 is 0 Å². The maximum Gasteiger partial charge on any atom is 0.164 e. The molecular weight excluding hydrogens is 246 g/mol. The van der Waals surface area contributed by atoms with Crippen LogP contribution in [-0.4, -0.2) is 34.5 Å². The Morgan fingerprint density at radius 1 is 1.11 bits per heavy atom. The molecule has 0 radical (unpaired) electrons. The fraction of sp³-hybridized carbons (Fsp3) is 0.571. The van der Waals surface area contributed by atoms with Gasteiger partial charge < -0.3 is 24.7 Å². The third-order valence-electron chi connectivity index (χ3n) is 3.57. The van der Waals surface area contributed by atoms with E-state index in [4.69, 9.17) is 24.7 Å². The molecular formula is C14H21NO4. The van der Waals surface area contributed by atoms with E-state index in [9.17, 15) is 0 Å². The summed E-state index contributed by atoms with van der Waals surface area (Å²) in [6.45, 7) is 1.46. The van der Waals surface area contributed by atoms with Crippen molar-refractivity contribution >= 4 is 0 Å². The minimum absolute atomic E-state index is 0.128. The second-order valence-corrected chi connectivity index (χ2v) is 4.60. The summed E-state index contributed by atoms with van der Waals surface area (Å²) in [6, 6.07) is 3.57. The molecule has 5 heteroatoms. The van der Waals surface area contributed by atoms with Crippen LogP contribution in [0.25, 0.3) is 0 Å². The van der Waals surface area contributed by atoms with Crippen molar-refractivity contribution in [3.05, 3.63) is 17.7 Å². The summed E-state index contributed by atoms with van der Waals surface area (Å²) in [5, 5.41) is 0. The fourth-order valence-corrected chi connectivity index (χ4v) is 2.40. The smallest absolute Gasteiger partial charge is 0.164 e. The summed E-state index contributed by atoms with van der Waals surface area (Å²) < 4.78 is 21.4. The molecule has 1 aliphatic rings. The van der Waals surface area contributed by atoms with Gasteiger partial charge in [-0.15, -0.1) is 0 Å². The summed E-state index contributed by atoms with van der Waals surface area (Å²) in [7, 11) is 4.84. The molecule has 2 rings (SSSR count). The third-order valence-corrected chi connectivity index (χ3v) is 3.57. The average Bonchev–Trinajstić information content (AvgIpc) is 2.99. The van der Waals surface area contributed by atoms with Crippen molar-refractivity contribution in [3.8, 4) is 17.2 Å². The molecule has 19 heavy (non-hydrogen) atoms. The molecule has 0 aromatic heterocycles. The normalized spacial score (nSPS) is 20.1. The van der Waals surface area contributed by atoms with E-state index in [1.807, 2.05) is 12.1 Å². The first kappa shape index (κ1) is 14.0. The Labute approximate surface area is 113 Å². The van der Waals surface area contributed by atoms with Gasteiger partial charge in [-0.25, -0.2) is 0 Å². The summed E-state index contributed by atoms with van der Waals surface area (Å²) in [6.07, 6.45) is 0.971. The lowest BCUT2D eigenvalue weighted by atomic mass is 9.92. The predicted octanol–water partition coefficient (Wildman–Crippen LogP) is 1.75. The number of nitrogens with two attached hydrogens (primary N) is 1. The van der Waals surface area contributed by atoms with Gasteiger partial charge in [-0.3, -0.25) is 0 Å². The molecule has 1 aliphatic heterocycles. The van der Waals surface area contributed by atoms with Crippen molar-refractivity contribution in [2.24, 2.45) is 11.7 Å². The van der Waals surface area contributed by atoms with Crippen LogP contribution >= 0.6 is 0 Å². The molecule has 106 valence electrons. The van der Waals surface area contributed by atoms with Gasteiger partial charge in [0.05, 0.1) is 27.9 Å². The first-order valence-electron chi connectivity index (χ1n) is 6.34. The highest BCUT2D eigenvalue weighted by Crippen LogP contribution is 2.39. The molecule has 1 fully saturated rings. The number of benzene rings is 1. The molecule has 0 amide bonds. The molecule has 1 aromatic carbocycles. The summed E-state index contributed by atoms with van der Waals surface area (Å²) >= 11 is 0. The standard InChI is InChI=1S/C14H21NO4/c1-16-11-7-13(18-3)12(17-2)6-10(11)14(15)9-4-5-19-8-9/h6-7,9,14H,4-5,8,15H2,1-3H3. The first-order valence-corrected chi connectivity index (χ1v) is 6.34. The van der Waals surface area contributed by atoms with Crippen molar-refractivity contribution in [2.75, 3.05) is 34.5 Å². The topological polar surface area (TPSA) is 62.9 Å². The zero-order valence-electron chi connectivity index (χ0n) is 11.6. The molecule has 2 unspecified atom stereocenters. The lowest BCUT2D eigenvalue weighted by molar-refractivity contribution is 0.180. The van der Waals surface area contributed by atoms with Gasteiger partial charge in [-0.2, -0.15) is 0 Å². The Morgan fingerprint density at radius 2 is 1.74 bits per heavy atom. The van der Waals surface area contributed by atoms with Gasteiger partial charge in [0.1, 0.15) is 5.75 Å². The van der Waals surface area contributed by atoms with Gasteiger partial charge in [0.25, 0.3) is 0 Å². The van der Waals surface area contributed by atoms with Gasteiger partial charge in [0.15, 0.2) is 11.5 Å². The number of methoxy groups -OCH3 is 3. The van der Waals surface area contributed by atoms with Crippen LogP contribution in [0.5, 0.6) is 17.2 Å². The molecule has 0 spiro atoms. The van der Waals surface area contributed by atoms with Crippen molar-refractivity contribution < 1.29 is 18.9 Å². The van der Waals surface area contributed by atoms with E-state index in [-0.39, 0.29) is 6.04 Å². The van der Waals surface area contributed by atoms with Crippen LogP contribution in [0.3, 0.4) is 0 Å². The zero-order valence-corrected chi connectivity index (χ0v) is 11.6. The highest BCUT2D eigenvalue weighted by atomic mass is 16.5. The Balaban J connectivity index is 2.36. The summed E-state index contributed by atoms with van der Waals surface area (Å²) in [4.78, 5) is 0. The SMILES string of the molecule is COc1cc(OC)c(C(N)C2CCOC2)cc1OC. The van der Waals surface area contributed by atoms with E-state index in [1.54, 1.807) is 21.3 Å². The van der Waals surface area contributed by atoms with E-state index in [2.05, 4.69) is 0 Å². The Kier molecular flexibility index (Phi) is 4.50. The van der Waals surface area contributed by atoms with Crippen LogP contribution in [0, 0.1) is 5.92 Å². The monoisotopic (exact) mass is 267 g/mol. The number of hydrogen-bond acceptors (Lipinski definition) is 5. The molecule has 0 bridgehead atoms. The van der Waals surface area contributed by atoms with Gasteiger partial charge >= 0.3 is 0 Å². The molecule has 5 nitrogen and oxygen atoms in total. The zero-order chi connectivity index (χ0) is 13.8. The fourth-order valence-electron chi connectivity index (χ4n) is 2.40. The Hall–Kier alpha value is -1.46. The minimum Gasteiger partial charge on any atom is -0.496 e. The van der Waals surface area contributed by atoms with E-state index >= 15 is 0 Å². The molecule has 0 aliphatic carbocycles. The van der Waals surface area contributed by atoms with Crippen molar-refractivity contribution in [1.29, 1.82) is 0 Å². The quantitative estimate of drug-likeness (QED) is 0.880. The lowest BCUT2D eigenvalue weighted by Crippen LogP contribution is -2.22. The molecule has 2 atom stereocenters. The Morgan fingerprint density at radius 3 is 2.26 bits per heavy atom. The minimum atomic E-state index is -0.128. The van der Waals surface area contributed by atoms with E-state index in [0.29, 0.717) is 24.0 Å². The second-order valence-electron chi connectivity index (χ2n) is 4.60. The molecule has 1 heterocycles. The van der Waals surface area contributed by atoms with Crippen LogP contribution in [0.4, 0.5) is 0 Å². The van der Waals surface area contributed by atoms with Gasteiger partial charge in [0, 0.05) is 30.2 Å². The van der Waals surface area contributed by atoms with Crippen LogP contribution in [-0.2, 0) is 4.74 Å². The van der Waals surface area contributed by atoms with E-state index in [1.165, 1.54) is 0 Å². The molecule has 0 saturated carbocycles. The van der Waals surface area contributed by atoms with Crippen LogP contribution in [0.1, 0.15) is 18.0 Å². The van der Waals surface area contributed by atoms with Crippen molar-refractivity contribution in [1.82, 2.24) is 0 Å². The lowest BCUT2D eigenvalue weighted by Gasteiger charge is -2.22. The molecule has 1 saturated heterocycles. The maximum atomic E-state index is 6.34. The molecule has 2 N–H and O–H groups in total. The summed E-state index contributed by atoms with van der Waals surface area (Å²) in [5.41, 5.74) is 7.26. The number of rotatable bonds is 5. The van der Waals surface area contributed by atoms with Gasteiger partial charge in [-0.1, -0.05) is 0 Å². The van der Waals surface area contributed by atoms with Gasteiger partial charge in [-0.05, 0) is 12.5 Å². The van der Waals surface area contributed by atoms with E-state index in [0.717, 1.165) is 24.3 Å². The third kappa shape index (κ3) is 2.77. The van der Waals surface area contributed by atoms with Crippen molar-refractivity contribution in [2.45, 2.75) is 12.5 Å². The molecule has 1 aromatic rings. The average molecular weight is 267 g/mol. The predicted molar refractivity (Wildman–Crippen MR) is 72.0 cm³/mol. The second kappa shape index (κ2) is 6.12. The van der Waals surface area contributed by atoms with Gasteiger partial charge in [0.2, 0.25) is 0 Å². The van der Waals surface area contributed by atoms with Crippen molar-refractivity contribution in [3.63, 3.8) is 0 Å². The number of hydrogen-bond donors (Lipinski definition) is 1. The number of ether oxygens (including phenoxy) is 4.